The minimum atomic E-state index is -3.38. The van der Waals surface area contributed by atoms with E-state index in [9.17, 15) is 8.42 Å². The molecule has 0 aromatic carbocycles. The number of imidazole rings is 1. The summed E-state index contributed by atoms with van der Waals surface area (Å²) < 4.78 is 27.1. The van der Waals surface area contributed by atoms with Crippen molar-refractivity contribution in [2.75, 3.05) is 26.7 Å². The number of thiophene rings is 1. The van der Waals surface area contributed by atoms with E-state index in [0.29, 0.717) is 23.8 Å². The topological polar surface area (TPSA) is 69.3 Å². The minimum Gasteiger partial charge on any atom is -0.347 e. The van der Waals surface area contributed by atoms with Gasteiger partial charge in [0.05, 0.1) is 6.04 Å². The number of aromatic amines is 1. The zero-order valence-electron chi connectivity index (χ0n) is 11.1. The summed E-state index contributed by atoms with van der Waals surface area (Å²) in [6.45, 7) is 1.62. The molecule has 20 heavy (non-hydrogen) atoms. The van der Waals surface area contributed by atoms with Crippen molar-refractivity contribution in [3.63, 3.8) is 0 Å². The molecule has 0 amide bonds. The van der Waals surface area contributed by atoms with Crippen molar-refractivity contribution >= 4 is 21.4 Å². The summed E-state index contributed by atoms with van der Waals surface area (Å²) in [6.07, 6.45) is 3.45. The van der Waals surface area contributed by atoms with Crippen molar-refractivity contribution in [1.29, 1.82) is 0 Å². The number of nitrogens with one attached hydrogen (secondary N) is 1. The lowest BCUT2D eigenvalue weighted by atomic mass is 10.2. The molecular weight excluding hydrogens is 296 g/mol. The van der Waals surface area contributed by atoms with Gasteiger partial charge in [-0.1, -0.05) is 6.07 Å². The number of hydrogen-bond donors (Lipinski definition) is 1. The largest absolute Gasteiger partial charge is 0.347 e. The summed E-state index contributed by atoms with van der Waals surface area (Å²) in [7, 11) is -1.39. The molecule has 0 radical (unpaired) electrons. The summed E-state index contributed by atoms with van der Waals surface area (Å²) in [5, 5.41) is 1.78. The van der Waals surface area contributed by atoms with Gasteiger partial charge in [-0.2, -0.15) is 4.31 Å². The van der Waals surface area contributed by atoms with E-state index in [1.54, 1.807) is 34.2 Å². The van der Waals surface area contributed by atoms with Gasteiger partial charge in [-0.15, -0.1) is 11.3 Å². The number of sulfonamides is 1. The van der Waals surface area contributed by atoms with Crippen LogP contribution in [0.1, 0.15) is 11.9 Å². The van der Waals surface area contributed by atoms with Gasteiger partial charge in [0.15, 0.2) is 0 Å². The molecule has 0 spiro atoms. The van der Waals surface area contributed by atoms with Crippen LogP contribution in [-0.2, 0) is 10.0 Å². The third-order valence-electron chi connectivity index (χ3n) is 3.53. The van der Waals surface area contributed by atoms with Gasteiger partial charge in [0.1, 0.15) is 10.0 Å². The van der Waals surface area contributed by atoms with Gasteiger partial charge < -0.3 is 4.98 Å². The van der Waals surface area contributed by atoms with Crippen LogP contribution >= 0.6 is 11.3 Å². The van der Waals surface area contributed by atoms with Crippen LogP contribution in [0.5, 0.6) is 0 Å². The molecule has 1 aliphatic rings. The van der Waals surface area contributed by atoms with E-state index in [0.717, 1.165) is 5.82 Å². The number of rotatable bonds is 3. The smallest absolute Gasteiger partial charge is 0.252 e. The lowest BCUT2D eigenvalue weighted by molar-refractivity contribution is 0.143. The average molecular weight is 312 g/mol. The van der Waals surface area contributed by atoms with Crippen LogP contribution in [0.3, 0.4) is 0 Å². The van der Waals surface area contributed by atoms with Gasteiger partial charge in [-0.3, -0.25) is 4.90 Å². The molecule has 1 aliphatic heterocycles. The van der Waals surface area contributed by atoms with E-state index in [4.69, 9.17) is 0 Å². The number of H-pyrrole nitrogens is 1. The molecule has 1 saturated heterocycles. The lowest BCUT2D eigenvalue weighted by Gasteiger charge is -2.37. The number of hydrogen-bond acceptors (Lipinski definition) is 5. The molecule has 0 saturated carbocycles. The second-order valence-corrected chi connectivity index (χ2v) is 7.88. The minimum absolute atomic E-state index is 0.0338. The molecule has 1 atom stereocenters. The van der Waals surface area contributed by atoms with E-state index in [-0.39, 0.29) is 6.04 Å². The molecule has 0 bridgehead atoms. The van der Waals surface area contributed by atoms with Gasteiger partial charge in [0.2, 0.25) is 0 Å². The SMILES string of the molecule is CN1CCN(S(=O)(=O)c2cccs2)C[C@@H]1c1ncc[nH]1. The second-order valence-electron chi connectivity index (χ2n) is 4.77. The number of piperazine rings is 1. The van der Waals surface area contributed by atoms with E-state index in [1.807, 2.05) is 7.05 Å². The molecule has 0 aliphatic carbocycles. The van der Waals surface area contributed by atoms with Crippen LogP contribution < -0.4 is 0 Å². The highest BCUT2D eigenvalue weighted by Gasteiger charge is 2.34. The Hall–Kier alpha value is -1.22. The molecule has 1 fully saturated rings. The zero-order valence-corrected chi connectivity index (χ0v) is 12.7. The van der Waals surface area contributed by atoms with Crippen LogP contribution in [0, 0.1) is 0 Å². The standard InChI is InChI=1S/C12H16N4O2S2/c1-15-6-7-16(9-10(15)12-13-4-5-14-12)20(17,18)11-3-2-8-19-11/h2-5,8,10H,6-7,9H2,1H3,(H,13,14)/t10-/m1/s1. The van der Waals surface area contributed by atoms with E-state index in [1.165, 1.54) is 11.3 Å². The summed E-state index contributed by atoms with van der Waals surface area (Å²) in [5.41, 5.74) is 0. The Morgan fingerprint density at radius 1 is 1.45 bits per heavy atom. The van der Waals surface area contributed by atoms with E-state index >= 15 is 0 Å². The van der Waals surface area contributed by atoms with Gasteiger partial charge in [0.25, 0.3) is 10.0 Å². The second kappa shape index (κ2) is 5.28. The van der Waals surface area contributed by atoms with Crippen LogP contribution in [0.25, 0.3) is 0 Å². The summed E-state index contributed by atoms with van der Waals surface area (Å²) in [4.78, 5) is 9.45. The normalized spacial score (nSPS) is 22.1. The van der Waals surface area contributed by atoms with Crippen molar-refractivity contribution in [2.45, 2.75) is 10.3 Å². The fourth-order valence-electron chi connectivity index (χ4n) is 2.36. The molecule has 2 aromatic rings. The highest BCUT2D eigenvalue weighted by molar-refractivity contribution is 7.91. The van der Waals surface area contributed by atoms with Crippen molar-refractivity contribution in [2.24, 2.45) is 0 Å². The zero-order chi connectivity index (χ0) is 14.2. The highest BCUT2D eigenvalue weighted by atomic mass is 32.2. The first-order valence-electron chi connectivity index (χ1n) is 6.32. The summed E-state index contributed by atoms with van der Waals surface area (Å²) in [5.74, 6) is 0.804. The Kier molecular flexibility index (Phi) is 3.63. The van der Waals surface area contributed by atoms with Crippen LogP contribution in [0.15, 0.2) is 34.1 Å². The van der Waals surface area contributed by atoms with Crippen LogP contribution in [0.4, 0.5) is 0 Å². The predicted molar refractivity (Wildman–Crippen MR) is 77.0 cm³/mol. The Morgan fingerprint density at radius 2 is 2.30 bits per heavy atom. The van der Waals surface area contributed by atoms with E-state index < -0.39 is 10.0 Å². The van der Waals surface area contributed by atoms with E-state index in [2.05, 4.69) is 14.9 Å². The first-order valence-corrected chi connectivity index (χ1v) is 8.64. The van der Waals surface area contributed by atoms with Crippen molar-refractivity contribution in [1.82, 2.24) is 19.2 Å². The maximum Gasteiger partial charge on any atom is 0.252 e. The number of likely N-dealkylation sites (N-methyl/N-ethyl adjacent to an activating group) is 1. The molecule has 0 unspecified atom stereocenters. The quantitative estimate of drug-likeness (QED) is 0.923. The van der Waals surface area contributed by atoms with Crippen LogP contribution in [-0.4, -0.2) is 54.3 Å². The average Bonchev–Trinajstić information content (AvgIpc) is 3.12. The fraction of sp³-hybridized carbons (Fsp3) is 0.417. The Morgan fingerprint density at radius 3 is 2.95 bits per heavy atom. The lowest BCUT2D eigenvalue weighted by Crippen LogP contribution is -2.49. The maximum absolute atomic E-state index is 12.6. The van der Waals surface area contributed by atoms with Crippen LogP contribution in [0.2, 0.25) is 0 Å². The molecular formula is C12H16N4O2S2. The first-order chi connectivity index (χ1) is 9.59. The fourth-order valence-corrected chi connectivity index (χ4v) is 4.94. The van der Waals surface area contributed by atoms with Gasteiger partial charge in [0, 0.05) is 32.0 Å². The third-order valence-corrected chi connectivity index (χ3v) is 6.77. The summed E-state index contributed by atoms with van der Waals surface area (Å²) in [6, 6.07) is 3.38. The molecule has 6 nitrogen and oxygen atoms in total. The predicted octanol–water partition coefficient (Wildman–Crippen LogP) is 1.15. The number of aromatic nitrogens is 2. The van der Waals surface area contributed by atoms with Crippen molar-refractivity contribution in [3.8, 4) is 0 Å². The first kappa shape index (κ1) is 13.7. The maximum atomic E-state index is 12.6. The molecule has 3 heterocycles. The highest BCUT2D eigenvalue weighted by Crippen LogP contribution is 2.27. The van der Waals surface area contributed by atoms with Crippen molar-refractivity contribution in [3.05, 3.63) is 35.7 Å². The number of nitrogens with zero attached hydrogens (tertiary/aromatic N) is 3. The molecule has 8 heteroatoms. The third kappa shape index (κ3) is 2.39. The van der Waals surface area contributed by atoms with Gasteiger partial charge in [-0.25, -0.2) is 13.4 Å². The van der Waals surface area contributed by atoms with Crippen molar-refractivity contribution < 1.29 is 8.42 Å². The monoisotopic (exact) mass is 312 g/mol. The van der Waals surface area contributed by atoms with Gasteiger partial charge >= 0.3 is 0 Å². The molecule has 3 rings (SSSR count). The van der Waals surface area contributed by atoms with Gasteiger partial charge in [-0.05, 0) is 18.5 Å². The Labute approximate surface area is 122 Å². The molecule has 1 N–H and O–H groups in total. The molecule has 2 aromatic heterocycles. The Bertz CT molecular complexity index is 652. The molecule has 108 valence electrons. The Balaban J connectivity index is 1.86. The summed E-state index contributed by atoms with van der Waals surface area (Å²) >= 11 is 1.26.